The zero-order valence-corrected chi connectivity index (χ0v) is 13.9. The van der Waals surface area contributed by atoms with Crippen molar-refractivity contribution < 1.29 is 9.59 Å². The van der Waals surface area contributed by atoms with Crippen molar-refractivity contribution in [3.63, 3.8) is 0 Å². The van der Waals surface area contributed by atoms with Gasteiger partial charge >= 0.3 is 0 Å². The van der Waals surface area contributed by atoms with Crippen molar-refractivity contribution >= 4 is 40.2 Å². The third-order valence-corrected chi connectivity index (χ3v) is 6.34. The molecule has 2 aromatic rings. The lowest BCUT2D eigenvalue weighted by atomic mass is 10.1. The van der Waals surface area contributed by atoms with Crippen LogP contribution in [0, 0.1) is 6.92 Å². The normalized spacial score (nSPS) is 26.8. The predicted molar refractivity (Wildman–Crippen MR) is 90.2 cm³/mol. The van der Waals surface area contributed by atoms with E-state index in [1.165, 1.54) is 0 Å². The molecule has 0 bridgehead atoms. The Labute approximate surface area is 138 Å². The third kappa shape index (κ3) is 2.14. The summed E-state index contributed by atoms with van der Waals surface area (Å²) in [5.41, 5.74) is 2.63. The van der Waals surface area contributed by atoms with Crippen LogP contribution in [0.4, 0.5) is 5.69 Å². The second kappa shape index (κ2) is 4.99. The van der Waals surface area contributed by atoms with Gasteiger partial charge in [-0.1, -0.05) is 6.07 Å². The number of anilines is 1. The molecule has 23 heavy (non-hydrogen) atoms. The fourth-order valence-electron chi connectivity index (χ4n) is 3.51. The van der Waals surface area contributed by atoms with Crippen molar-refractivity contribution in [3.8, 4) is 0 Å². The minimum Gasteiger partial charge on any atom is -0.322 e. The van der Waals surface area contributed by atoms with Crippen LogP contribution < -0.4 is 5.32 Å². The van der Waals surface area contributed by atoms with Gasteiger partial charge in [0.25, 0.3) is 0 Å². The van der Waals surface area contributed by atoms with E-state index in [9.17, 15) is 9.59 Å². The van der Waals surface area contributed by atoms with Gasteiger partial charge in [0.1, 0.15) is 6.04 Å². The number of aromatic nitrogens is 2. The van der Waals surface area contributed by atoms with Crippen molar-refractivity contribution in [2.24, 2.45) is 0 Å². The number of aryl methyl sites for hydroxylation is 1. The van der Waals surface area contributed by atoms with Crippen molar-refractivity contribution in [2.45, 2.75) is 37.6 Å². The Bertz CT molecular complexity index is 818. The number of fused-ring (bicyclic) bond motifs is 2. The average molecular weight is 330 g/mol. The van der Waals surface area contributed by atoms with Crippen LogP contribution in [0.3, 0.4) is 0 Å². The highest BCUT2D eigenvalue weighted by Crippen LogP contribution is 2.47. The van der Waals surface area contributed by atoms with Gasteiger partial charge in [0.2, 0.25) is 11.8 Å². The van der Waals surface area contributed by atoms with Crippen LogP contribution in [0.15, 0.2) is 18.3 Å². The second-order valence-electron chi connectivity index (χ2n) is 6.34. The number of hydrogen-bond donors (Lipinski definition) is 2. The Morgan fingerprint density at radius 2 is 2.35 bits per heavy atom. The van der Waals surface area contributed by atoms with Crippen LogP contribution in [0.1, 0.15) is 25.3 Å². The fourth-order valence-corrected chi connectivity index (χ4v) is 4.94. The molecule has 2 amide bonds. The molecular formula is C16H18N4O2S. The highest BCUT2D eigenvalue weighted by Gasteiger charge is 2.52. The van der Waals surface area contributed by atoms with Crippen LogP contribution in [0.5, 0.6) is 0 Å². The van der Waals surface area contributed by atoms with Crippen molar-refractivity contribution in [1.29, 1.82) is 0 Å². The molecule has 0 radical (unpaired) electrons. The molecule has 2 aliphatic rings. The van der Waals surface area contributed by atoms with Gasteiger partial charge in [-0.3, -0.25) is 14.7 Å². The maximum atomic E-state index is 12.7. The van der Waals surface area contributed by atoms with E-state index >= 15 is 0 Å². The maximum absolute atomic E-state index is 12.7. The molecule has 1 aromatic carbocycles. The number of rotatable bonds is 2. The first-order valence-corrected chi connectivity index (χ1v) is 8.68. The number of benzene rings is 1. The standard InChI is InChI=1S/C16H18N4O2S/c1-9-3-4-11(14-10(9)7-17-19-14)18-15(22)12-8-23-16(2)6-5-13(21)20(12)16/h3-4,7,12H,5-6,8H2,1-2H3,(H,17,19)(H,18,22). The summed E-state index contributed by atoms with van der Waals surface area (Å²) in [7, 11) is 0. The summed E-state index contributed by atoms with van der Waals surface area (Å²) in [6, 6.07) is 3.43. The van der Waals surface area contributed by atoms with Crippen LogP contribution in [0.2, 0.25) is 0 Å². The summed E-state index contributed by atoms with van der Waals surface area (Å²) < 4.78 is 0. The number of aromatic amines is 1. The number of thioether (sulfide) groups is 1. The highest BCUT2D eigenvalue weighted by molar-refractivity contribution is 8.01. The number of hydrogen-bond acceptors (Lipinski definition) is 4. The first kappa shape index (κ1) is 14.6. The smallest absolute Gasteiger partial charge is 0.248 e. The molecular weight excluding hydrogens is 312 g/mol. The zero-order valence-electron chi connectivity index (χ0n) is 13.0. The summed E-state index contributed by atoms with van der Waals surface area (Å²) in [6.07, 6.45) is 3.10. The van der Waals surface area contributed by atoms with E-state index in [0.717, 1.165) is 22.9 Å². The summed E-state index contributed by atoms with van der Waals surface area (Å²) in [4.78, 5) is 26.4. The summed E-state index contributed by atoms with van der Waals surface area (Å²) >= 11 is 1.70. The Morgan fingerprint density at radius 3 is 3.17 bits per heavy atom. The zero-order chi connectivity index (χ0) is 16.2. The Morgan fingerprint density at radius 1 is 1.52 bits per heavy atom. The number of nitrogens with one attached hydrogen (secondary N) is 2. The topological polar surface area (TPSA) is 78.1 Å². The van der Waals surface area contributed by atoms with E-state index in [2.05, 4.69) is 22.4 Å². The largest absolute Gasteiger partial charge is 0.322 e. The van der Waals surface area contributed by atoms with Gasteiger partial charge in [-0.15, -0.1) is 11.8 Å². The Hall–Kier alpha value is -2.02. The molecule has 2 atom stereocenters. The molecule has 7 heteroatoms. The first-order valence-electron chi connectivity index (χ1n) is 7.69. The SMILES string of the molecule is Cc1ccc(NC(=O)C2CSC3(C)CCC(=O)N23)c2[nH]ncc12. The molecule has 4 rings (SSSR count). The fraction of sp³-hybridized carbons (Fsp3) is 0.438. The van der Waals surface area contributed by atoms with Crippen molar-refractivity contribution in [3.05, 3.63) is 23.9 Å². The molecule has 1 aromatic heterocycles. The molecule has 120 valence electrons. The van der Waals surface area contributed by atoms with Gasteiger partial charge in [-0.05, 0) is 31.9 Å². The number of carbonyl (C=O) groups excluding carboxylic acids is 2. The monoisotopic (exact) mass is 330 g/mol. The van der Waals surface area contributed by atoms with Gasteiger partial charge in [-0.25, -0.2) is 0 Å². The van der Waals surface area contributed by atoms with E-state index in [1.54, 1.807) is 22.9 Å². The summed E-state index contributed by atoms with van der Waals surface area (Å²) in [5.74, 6) is 0.593. The lowest BCUT2D eigenvalue weighted by molar-refractivity contribution is -0.135. The predicted octanol–water partition coefficient (Wildman–Crippen LogP) is 2.26. The molecule has 0 spiro atoms. The van der Waals surface area contributed by atoms with E-state index in [-0.39, 0.29) is 16.7 Å². The van der Waals surface area contributed by atoms with E-state index < -0.39 is 6.04 Å². The van der Waals surface area contributed by atoms with E-state index in [4.69, 9.17) is 0 Å². The third-order valence-electron chi connectivity index (χ3n) is 4.84. The van der Waals surface area contributed by atoms with Gasteiger partial charge in [0, 0.05) is 17.6 Å². The molecule has 2 saturated heterocycles. The molecule has 2 unspecified atom stereocenters. The van der Waals surface area contributed by atoms with Gasteiger partial charge in [0.15, 0.2) is 0 Å². The molecule has 6 nitrogen and oxygen atoms in total. The van der Waals surface area contributed by atoms with Crippen molar-refractivity contribution in [2.75, 3.05) is 11.1 Å². The molecule has 2 N–H and O–H groups in total. The lowest BCUT2D eigenvalue weighted by Gasteiger charge is -2.29. The van der Waals surface area contributed by atoms with Gasteiger partial charge < -0.3 is 10.2 Å². The van der Waals surface area contributed by atoms with Gasteiger partial charge in [-0.2, -0.15) is 5.10 Å². The molecule has 3 heterocycles. The Kier molecular flexibility index (Phi) is 3.16. The van der Waals surface area contributed by atoms with Crippen molar-refractivity contribution in [1.82, 2.24) is 15.1 Å². The Balaban J connectivity index is 1.62. The molecule has 0 aliphatic carbocycles. The van der Waals surface area contributed by atoms with E-state index in [1.807, 2.05) is 19.1 Å². The second-order valence-corrected chi connectivity index (χ2v) is 7.85. The minimum absolute atomic E-state index is 0.0771. The van der Waals surface area contributed by atoms with Crippen LogP contribution in [-0.2, 0) is 9.59 Å². The molecule has 2 aliphatic heterocycles. The van der Waals surface area contributed by atoms with Crippen LogP contribution >= 0.6 is 11.8 Å². The number of nitrogens with zero attached hydrogens (tertiary/aromatic N) is 2. The van der Waals surface area contributed by atoms with Crippen LogP contribution in [-0.4, -0.2) is 43.6 Å². The average Bonchev–Trinajstić information content (AvgIpc) is 3.19. The quantitative estimate of drug-likeness (QED) is 0.885. The van der Waals surface area contributed by atoms with E-state index in [0.29, 0.717) is 17.9 Å². The summed E-state index contributed by atoms with van der Waals surface area (Å²) in [5, 5.41) is 11.0. The highest BCUT2D eigenvalue weighted by atomic mass is 32.2. The van der Waals surface area contributed by atoms with Gasteiger partial charge in [0.05, 0.1) is 22.3 Å². The number of carbonyl (C=O) groups is 2. The number of amides is 2. The molecule has 0 saturated carbocycles. The number of H-pyrrole nitrogens is 1. The van der Waals surface area contributed by atoms with Crippen LogP contribution in [0.25, 0.3) is 10.9 Å². The maximum Gasteiger partial charge on any atom is 0.248 e. The molecule has 2 fully saturated rings. The lowest BCUT2D eigenvalue weighted by Crippen LogP contribution is -2.48. The first-order chi connectivity index (χ1) is 11.0. The summed E-state index contributed by atoms with van der Waals surface area (Å²) in [6.45, 7) is 4.06. The minimum atomic E-state index is -0.403.